The molecule has 2 aromatic carbocycles. The zero-order chi connectivity index (χ0) is 22.2. The molecule has 2 heterocycles. The van der Waals surface area contributed by atoms with E-state index < -0.39 is 9.84 Å². The van der Waals surface area contributed by atoms with Crippen LogP contribution in [0.5, 0.6) is 5.75 Å². The molecule has 160 valence electrons. The van der Waals surface area contributed by atoms with E-state index in [1.165, 1.54) is 34.6 Å². The van der Waals surface area contributed by atoms with Gasteiger partial charge in [-0.2, -0.15) is 0 Å². The van der Waals surface area contributed by atoms with Crippen LogP contribution < -0.4 is 9.64 Å². The Labute approximate surface area is 183 Å². The molecule has 7 nitrogen and oxygen atoms in total. The van der Waals surface area contributed by atoms with Gasteiger partial charge in [0, 0.05) is 11.8 Å². The van der Waals surface area contributed by atoms with Crippen molar-refractivity contribution in [2.24, 2.45) is 0 Å². The van der Waals surface area contributed by atoms with Crippen molar-refractivity contribution < 1.29 is 22.4 Å². The van der Waals surface area contributed by atoms with Gasteiger partial charge < -0.3 is 9.15 Å². The molecule has 0 N–H and O–H groups in total. The highest BCUT2D eigenvalue weighted by atomic mass is 32.2. The summed E-state index contributed by atoms with van der Waals surface area (Å²) in [5.74, 6) is 0.820. The van der Waals surface area contributed by atoms with Gasteiger partial charge in [-0.3, -0.25) is 9.69 Å². The number of aryl methyl sites for hydroxylation is 1. The topological polar surface area (TPSA) is 89.7 Å². The summed E-state index contributed by atoms with van der Waals surface area (Å²) in [5.41, 5.74) is 1.94. The number of hydrogen-bond acceptors (Lipinski definition) is 7. The van der Waals surface area contributed by atoms with Crippen LogP contribution in [0.25, 0.3) is 10.2 Å². The summed E-state index contributed by atoms with van der Waals surface area (Å²) in [5, 5.41) is 0.466. The molecule has 2 aromatic heterocycles. The average molecular weight is 457 g/mol. The third-order valence-corrected chi connectivity index (χ3v) is 7.12. The Morgan fingerprint density at radius 2 is 2.00 bits per heavy atom. The van der Waals surface area contributed by atoms with E-state index in [4.69, 9.17) is 9.15 Å². The Kier molecular flexibility index (Phi) is 5.55. The highest BCUT2D eigenvalue weighted by Gasteiger charge is 2.25. The first-order chi connectivity index (χ1) is 14.8. The van der Waals surface area contributed by atoms with Gasteiger partial charge in [-0.25, -0.2) is 13.4 Å². The van der Waals surface area contributed by atoms with Crippen LogP contribution in [-0.4, -0.2) is 32.7 Å². The van der Waals surface area contributed by atoms with Crippen molar-refractivity contribution in [2.45, 2.75) is 18.4 Å². The molecule has 4 aromatic rings. The van der Waals surface area contributed by atoms with Gasteiger partial charge in [0.1, 0.15) is 17.0 Å². The van der Waals surface area contributed by atoms with Gasteiger partial charge in [0.25, 0.3) is 5.91 Å². The van der Waals surface area contributed by atoms with Gasteiger partial charge in [-0.05, 0) is 48.9 Å². The van der Waals surface area contributed by atoms with Crippen LogP contribution in [0, 0.1) is 6.92 Å². The quantitative estimate of drug-likeness (QED) is 0.426. The number of carbonyl (C=O) groups excluding carboxylic acids is 1. The molecule has 1 amide bonds. The van der Waals surface area contributed by atoms with Crippen LogP contribution in [0.15, 0.2) is 64.1 Å². The third kappa shape index (κ3) is 4.19. The number of anilines is 1. The van der Waals surface area contributed by atoms with E-state index in [0.717, 1.165) is 16.5 Å². The second-order valence-electron chi connectivity index (χ2n) is 7.03. The van der Waals surface area contributed by atoms with E-state index >= 15 is 0 Å². The molecule has 0 atom stereocenters. The lowest BCUT2D eigenvalue weighted by atomic mass is 10.2. The minimum absolute atomic E-state index is 0.0816. The standard InChI is InChI=1S/C22H20N2O5S2/c1-14-9-10-18(28-2)19-20(14)30-22(23-19)24(13-16-7-5-11-29-16)21(25)15-6-4-8-17(12-15)31(3,26)27/h4-12H,13H2,1-3H3. The third-order valence-electron chi connectivity index (χ3n) is 4.79. The summed E-state index contributed by atoms with van der Waals surface area (Å²) < 4.78 is 35.7. The maximum Gasteiger partial charge on any atom is 0.260 e. The van der Waals surface area contributed by atoms with Crippen LogP contribution in [0.1, 0.15) is 21.7 Å². The first-order valence-electron chi connectivity index (χ1n) is 9.36. The number of ether oxygens (including phenoxy) is 1. The number of carbonyl (C=O) groups is 1. The zero-order valence-corrected chi connectivity index (χ0v) is 18.8. The van der Waals surface area contributed by atoms with Gasteiger partial charge >= 0.3 is 0 Å². The predicted octanol–water partition coefficient (Wildman–Crippen LogP) is 4.46. The minimum Gasteiger partial charge on any atom is -0.494 e. The fraction of sp³-hybridized carbons (Fsp3) is 0.182. The van der Waals surface area contributed by atoms with Gasteiger partial charge in [0.2, 0.25) is 0 Å². The van der Waals surface area contributed by atoms with Crippen molar-refractivity contribution in [2.75, 3.05) is 18.3 Å². The van der Waals surface area contributed by atoms with Crippen molar-refractivity contribution in [3.8, 4) is 5.75 Å². The lowest BCUT2D eigenvalue weighted by Gasteiger charge is -2.19. The molecule has 9 heteroatoms. The second kappa shape index (κ2) is 8.16. The zero-order valence-electron chi connectivity index (χ0n) is 17.2. The first-order valence-corrected chi connectivity index (χ1v) is 12.1. The first kappa shape index (κ1) is 21.1. The van der Waals surface area contributed by atoms with Gasteiger partial charge in [0.15, 0.2) is 15.0 Å². The Bertz CT molecular complexity index is 1360. The molecule has 0 radical (unpaired) electrons. The average Bonchev–Trinajstić information content (AvgIpc) is 3.42. The minimum atomic E-state index is -3.45. The summed E-state index contributed by atoms with van der Waals surface area (Å²) in [7, 11) is -1.88. The van der Waals surface area contributed by atoms with Crippen LogP contribution in [0.4, 0.5) is 5.13 Å². The molecule has 0 bridgehead atoms. The Balaban J connectivity index is 1.83. The predicted molar refractivity (Wildman–Crippen MR) is 120 cm³/mol. The van der Waals surface area contributed by atoms with Gasteiger partial charge in [0.05, 0.1) is 29.5 Å². The van der Waals surface area contributed by atoms with Crippen LogP contribution in [-0.2, 0) is 16.4 Å². The van der Waals surface area contributed by atoms with Gasteiger partial charge in [-0.1, -0.05) is 23.5 Å². The van der Waals surface area contributed by atoms with E-state index in [2.05, 4.69) is 4.98 Å². The van der Waals surface area contributed by atoms with Crippen molar-refractivity contribution >= 4 is 42.4 Å². The molecule has 0 spiro atoms. The lowest BCUT2D eigenvalue weighted by Crippen LogP contribution is -2.30. The molecule has 0 unspecified atom stereocenters. The van der Waals surface area contributed by atoms with Crippen molar-refractivity contribution in [1.29, 1.82) is 0 Å². The Hall–Kier alpha value is -3.17. The SMILES string of the molecule is COc1ccc(C)c2sc(N(Cc3ccco3)C(=O)c3cccc(S(C)(=O)=O)c3)nc12. The van der Waals surface area contributed by atoms with Crippen LogP contribution >= 0.6 is 11.3 Å². The smallest absolute Gasteiger partial charge is 0.260 e. The largest absolute Gasteiger partial charge is 0.494 e. The molecular weight excluding hydrogens is 436 g/mol. The lowest BCUT2D eigenvalue weighted by molar-refractivity contribution is 0.0983. The highest BCUT2D eigenvalue weighted by molar-refractivity contribution is 7.90. The number of rotatable bonds is 6. The van der Waals surface area contributed by atoms with E-state index in [-0.39, 0.29) is 22.9 Å². The van der Waals surface area contributed by atoms with Crippen molar-refractivity contribution in [3.05, 3.63) is 71.7 Å². The summed E-state index contributed by atoms with van der Waals surface area (Å²) in [6.07, 6.45) is 2.65. The van der Waals surface area contributed by atoms with E-state index in [0.29, 0.717) is 22.2 Å². The molecule has 31 heavy (non-hydrogen) atoms. The number of aromatic nitrogens is 1. The molecule has 0 saturated heterocycles. The number of amides is 1. The summed E-state index contributed by atoms with van der Waals surface area (Å²) in [4.78, 5) is 19.7. The van der Waals surface area contributed by atoms with Crippen LogP contribution in [0.2, 0.25) is 0 Å². The summed E-state index contributed by atoms with van der Waals surface area (Å²) in [6.45, 7) is 2.12. The monoisotopic (exact) mass is 456 g/mol. The number of methoxy groups -OCH3 is 1. The fourth-order valence-electron chi connectivity index (χ4n) is 3.18. The molecule has 0 fully saturated rings. The van der Waals surface area contributed by atoms with Gasteiger partial charge in [-0.15, -0.1) is 0 Å². The van der Waals surface area contributed by atoms with Crippen LogP contribution in [0.3, 0.4) is 0 Å². The van der Waals surface area contributed by atoms with E-state index in [9.17, 15) is 13.2 Å². The molecule has 0 aliphatic rings. The number of sulfone groups is 1. The van der Waals surface area contributed by atoms with Crippen molar-refractivity contribution in [3.63, 3.8) is 0 Å². The molecule has 0 aliphatic heterocycles. The maximum atomic E-state index is 13.5. The van der Waals surface area contributed by atoms with E-state index in [1.807, 2.05) is 19.1 Å². The molecule has 4 rings (SSSR count). The molecule has 0 saturated carbocycles. The Morgan fingerprint density at radius 1 is 1.19 bits per heavy atom. The number of thiazole rings is 1. The number of benzene rings is 2. The number of hydrogen-bond donors (Lipinski definition) is 0. The second-order valence-corrected chi connectivity index (χ2v) is 10.0. The number of furan rings is 1. The fourth-order valence-corrected chi connectivity index (χ4v) is 4.89. The molecule has 0 aliphatic carbocycles. The number of fused-ring (bicyclic) bond motifs is 1. The summed E-state index contributed by atoms with van der Waals surface area (Å²) >= 11 is 1.37. The molecular formula is C22H20N2O5S2. The Morgan fingerprint density at radius 3 is 2.68 bits per heavy atom. The highest BCUT2D eigenvalue weighted by Crippen LogP contribution is 2.37. The van der Waals surface area contributed by atoms with Crippen molar-refractivity contribution in [1.82, 2.24) is 4.98 Å². The number of nitrogens with zero attached hydrogens (tertiary/aromatic N) is 2. The normalized spacial score (nSPS) is 11.6. The summed E-state index contributed by atoms with van der Waals surface area (Å²) in [6, 6.07) is 13.3. The maximum absolute atomic E-state index is 13.5. The van der Waals surface area contributed by atoms with E-state index in [1.54, 1.807) is 31.4 Å².